The van der Waals surface area contributed by atoms with Crippen molar-refractivity contribution in [2.24, 2.45) is 5.41 Å². The quantitative estimate of drug-likeness (QED) is 0.677. The van der Waals surface area contributed by atoms with Gasteiger partial charge < -0.3 is 10.2 Å². The number of nitrogens with zero attached hydrogens (tertiary/aromatic N) is 3. The maximum Gasteiger partial charge on any atom is 0.322 e. The zero-order valence-corrected chi connectivity index (χ0v) is 11.8. The maximum absolute atomic E-state index is 12.2. The fourth-order valence-corrected chi connectivity index (χ4v) is 2.10. The minimum atomic E-state index is -0.561. The van der Waals surface area contributed by atoms with Gasteiger partial charge in [-0.05, 0) is 31.2 Å². The Labute approximate surface area is 117 Å². The Morgan fingerprint density at radius 2 is 2.25 bits per heavy atom. The molecule has 1 saturated carbocycles. The Morgan fingerprint density at radius 1 is 1.60 bits per heavy atom. The van der Waals surface area contributed by atoms with Gasteiger partial charge >= 0.3 is 11.7 Å². The van der Waals surface area contributed by atoms with E-state index in [1.807, 2.05) is 6.92 Å². The largest absolute Gasteiger partial charge is 0.324 e. The zero-order chi connectivity index (χ0) is 14.9. The lowest BCUT2D eigenvalue weighted by atomic mass is 10.00. The summed E-state index contributed by atoms with van der Waals surface area (Å²) in [5.74, 6) is 0. The van der Waals surface area contributed by atoms with E-state index in [2.05, 4.69) is 17.2 Å². The molecule has 0 aliphatic heterocycles. The number of anilines is 1. The molecule has 1 atom stereocenters. The van der Waals surface area contributed by atoms with Gasteiger partial charge in [0.05, 0.1) is 4.92 Å². The van der Waals surface area contributed by atoms with E-state index in [0.717, 1.165) is 19.0 Å². The van der Waals surface area contributed by atoms with Crippen LogP contribution in [-0.4, -0.2) is 33.9 Å². The summed E-state index contributed by atoms with van der Waals surface area (Å²) in [6.45, 7) is 4.13. The van der Waals surface area contributed by atoms with Crippen molar-refractivity contribution in [3.63, 3.8) is 0 Å². The summed E-state index contributed by atoms with van der Waals surface area (Å²) >= 11 is 0. The van der Waals surface area contributed by atoms with Crippen LogP contribution >= 0.6 is 0 Å². The fraction of sp³-hybridized carbons (Fsp3) is 0.538. The van der Waals surface area contributed by atoms with Crippen molar-refractivity contribution in [2.75, 3.05) is 12.4 Å². The van der Waals surface area contributed by atoms with Crippen LogP contribution in [0.15, 0.2) is 18.5 Å². The molecule has 0 spiro atoms. The summed E-state index contributed by atoms with van der Waals surface area (Å²) in [4.78, 5) is 27.8. The molecule has 0 bridgehead atoms. The predicted molar refractivity (Wildman–Crippen MR) is 74.5 cm³/mol. The third-order valence-corrected chi connectivity index (χ3v) is 4.19. The van der Waals surface area contributed by atoms with Crippen molar-refractivity contribution in [1.29, 1.82) is 0 Å². The number of nitro groups is 1. The fourth-order valence-electron chi connectivity index (χ4n) is 2.10. The molecule has 2 rings (SSSR count). The molecule has 1 fully saturated rings. The number of carbonyl (C=O) groups is 1. The first-order chi connectivity index (χ1) is 9.35. The lowest BCUT2D eigenvalue weighted by Crippen LogP contribution is -2.42. The molecule has 1 N–H and O–H groups in total. The van der Waals surface area contributed by atoms with Crippen LogP contribution in [0.25, 0.3) is 0 Å². The molecule has 2 amide bonds. The molecule has 7 heteroatoms. The number of rotatable bonds is 4. The van der Waals surface area contributed by atoms with Gasteiger partial charge in [-0.2, -0.15) is 0 Å². The number of nitrogens with one attached hydrogen (secondary N) is 1. The molecule has 0 radical (unpaired) electrons. The molecule has 1 aromatic rings. The normalized spacial score (nSPS) is 17.1. The molecule has 1 aliphatic rings. The highest BCUT2D eigenvalue weighted by Crippen LogP contribution is 2.49. The summed E-state index contributed by atoms with van der Waals surface area (Å²) in [6, 6.07) is 1.16. The van der Waals surface area contributed by atoms with Crippen molar-refractivity contribution >= 4 is 17.4 Å². The van der Waals surface area contributed by atoms with Gasteiger partial charge in [-0.1, -0.05) is 6.92 Å². The van der Waals surface area contributed by atoms with Gasteiger partial charge in [0.1, 0.15) is 11.9 Å². The van der Waals surface area contributed by atoms with Crippen LogP contribution in [0.1, 0.15) is 26.7 Å². The first-order valence-electron chi connectivity index (χ1n) is 6.47. The van der Waals surface area contributed by atoms with Crippen LogP contribution in [0, 0.1) is 15.5 Å². The highest BCUT2D eigenvalue weighted by Gasteiger charge is 2.45. The minimum absolute atomic E-state index is 0.0865. The van der Waals surface area contributed by atoms with Gasteiger partial charge in [0, 0.05) is 19.3 Å². The number of pyridine rings is 1. The number of hydrogen-bond donors (Lipinski definition) is 1. The Balaban J connectivity index is 2.10. The van der Waals surface area contributed by atoms with Crippen molar-refractivity contribution in [1.82, 2.24) is 9.88 Å². The average molecular weight is 278 g/mol. The van der Waals surface area contributed by atoms with E-state index in [9.17, 15) is 14.9 Å². The molecule has 1 aliphatic carbocycles. The van der Waals surface area contributed by atoms with Crippen molar-refractivity contribution in [3.05, 3.63) is 28.6 Å². The van der Waals surface area contributed by atoms with Gasteiger partial charge in [0.25, 0.3) is 0 Å². The van der Waals surface area contributed by atoms with Crippen LogP contribution in [0.4, 0.5) is 16.2 Å². The lowest BCUT2D eigenvalue weighted by molar-refractivity contribution is -0.384. The van der Waals surface area contributed by atoms with Gasteiger partial charge in [-0.3, -0.25) is 15.1 Å². The second-order valence-corrected chi connectivity index (χ2v) is 5.52. The summed E-state index contributed by atoms with van der Waals surface area (Å²) < 4.78 is 0. The smallest absolute Gasteiger partial charge is 0.322 e. The minimum Gasteiger partial charge on any atom is -0.324 e. The average Bonchev–Trinajstić information content (AvgIpc) is 3.16. The van der Waals surface area contributed by atoms with Gasteiger partial charge in [-0.25, -0.2) is 4.79 Å². The SMILES string of the molecule is C[C@@H](N(C)C(=O)Nc1ccncc1[N+](=O)[O-])C1(C)CC1. The van der Waals surface area contributed by atoms with E-state index in [-0.39, 0.29) is 28.9 Å². The highest BCUT2D eigenvalue weighted by atomic mass is 16.6. The third kappa shape index (κ3) is 2.71. The van der Waals surface area contributed by atoms with E-state index in [1.165, 1.54) is 12.3 Å². The van der Waals surface area contributed by atoms with Crippen LogP contribution in [0.2, 0.25) is 0 Å². The third-order valence-electron chi connectivity index (χ3n) is 4.19. The van der Waals surface area contributed by atoms with Gasteiger partial charge in [0.2, 0.25) is 0 Å². The molecule has 1 heterocycles. The molecule has 0 saturated heterocycles. The van der Waals surface area contributed by atoms with E-state index in [4.69, 9.17) is 0 Å². The summed E-state index contributed by atoms with van der Waals surface area (Å²) in [5.41, 5.74) is 0.116. The van der Waals surface area contributed by atoms with Gasteiger partial charge in [0.15, 0.2) is 0 Å². The summed E-state index contributed by atoms with van der Waals surface area (Å²) in [5, 5.41) is 13.5. The zero-order valence-electron chi connectivity index (χ0n) is 11.8. The molecular formula is C13H18N4O3. The number of carbonyl (C=O) groups excluding carboxylic acids is 1. The number of urea groups is 1. The van der Waals surface area contributed by atoms with Crippen molar-refractivity contribution in [3.8, 4) is 0 Å². The Morgan fingerprint density at radius 3 is 2.80 bits per heavy atom. The van der Waals surface area contributed by atoms with Crippen LogP contribution < -0.4 is 5.32 Å². The highest BCUT2D eigenvalue weighted by molar-refractivity contribution is 5.91. The van der Waals surface area contributed by atoms with Crippen LogP contribution in [0.3, 0.4) is 0 Å². The van der Waals surface area contributed by atoms with E-state index in [0.29, 0.717) is 0 Å². The maximum atomic E-state index is 12.2. The van der Waals surface area contributed by atoms with Crippen LogP contribution in [-0.2, 0) is 0 Å². The van der Waals surface area contributed by atoms with Crippen molar-refractivity contribution in [2.45, 2.75) is 32.7 Å². The number of hydrogen-bond acceptors (Lipinski definition) is 4. The molecule has 20 heavy (non-hydrogen) atoms. The van der Waals surface area contributed by atoms with Crippen LogP contribution in [0.5, 0.6) is 0 Å². The van der Waals surface area contributed by atoms with E-state index >= 15 is 0 Å². The molecule has 108 valence electrons. The first-order valence-corrected chi connectivity index (χ1v) is 6.47. The molecule has 1 aromatic heterocycles. The second kappa shape index (κ2) is 5.07. The second-order valence-electron chi connectivity index (χ2n) is 5.52. The summed E-state index contributed by atoms with van der Waals surface area (Å²) in [7, 11) is 1.70. The number of aromatic nitrogens is 1. The van der Waals surface area contributed by atoms with E-state index in [1.54, 1.807) is 11.9 Å². The standard InChI is InChI=1S/C13H18N4O3/c1-9(13(2)5-6-13)16(3)12(18)15-10-4-7-14-8-11(10)17(19)20/h4,7-9H,5-6H2,1-3H3,(H,14,15,18)/t9-/m1/s1. The molecule has 0 aromatic carbocycles. The van der Waals surface area contributed by atoms with E-state index < -0.39 is 4.92 Å². The Hall–Kier alpha value is -2.18. The lowest BCUT2D eigenvalue weighted by Gasteiger charge is -2.30. The predicted octanol–water partition coefficient (Wildman–Crippen LogP) is 2.64. The van der Waals surface area contributed by atoms with Gasteiger partial charge in [-0.15, -0.1) is 0 Å². The monoisotopic (exact) mass is 278 g/mol. The Kier molecular flexibility index (Phi) is 3.61. The van der Waals surface area contributed by atoms with Crippen molar-refractivity contribution < 1.29 is 9.72 Å². The number of amides is 2. The molecule has 0 unspecified atom stereocenters. The first kappa shape index (κ1) is 14.2. The topological polar surface area (TPSA) is 88.4 Å². The molecular weight excluding hydrogens is 260 g/mol. The molecule has 7 nitrogen and oxygen atoms in total. The summed E-state index contributed by atoms with van der Waals surface area (Å²) in [6.07, 6.45) is 4.73. The Bertz CT molecular complexity index is 542.